The van der Waals surface area contributed by atoms with Crippen molar-refractivity contribution in [2.45, 2.75) is 11.8 Å². The maximum Gasteiger partial charge on any atom is 0.238 e. The Balaban J connectivity index is 3.34. The molecular formula is C8H10N2O2S2. The second-order valence-electron chi connectivity index (χ2n) is 2.89. The Morgan fingerprint density at radius 3 is 2.36 bits per heavy atom. The van der Waals surface area contributed by atoms with Gasteiger partial charge in [0, 0.05) is 5.56 Å². The van der Waals surface area contributed by atoms with E-state index < -0.39 is 10.0 Å². The summed E-state index contributed by atoms with van der Waals surface area (Å²) in [4.78, 5) is 0.304. The van der Waals surface area contributed by atoms with Crippen molar-refractivity contribution in [1.29, 1.82) is 0 Å². The van der Waals surface area contributed by atoms with Crippen LogP contribution < -0.4 is 10.9 Å². The SMILES string of the molecule is Cc1cc(S(N)(=O)=O)ccc1C(N)=S. The predicted molar refractivity (Wildman–Crippen MR) is 58.4 cm³/mol. The molecular weight excluding hydrogens is 220 g/mol. The van der Waals surface area contributed by atoms with E-state index in [1.165, 1.54) is 12.1 Å². The van der Waals surface area contributed by atoms with E-state index in [-0.39, 0.29) is 9.88 Å². The monoisotopic (exact) mass is 230 g/mol. The third-order valence-electron chi connectivity index (χ3n) is 1.79. The fourth-order valence-corrected chi connectivity index (χ4v) is 1.92. The molecule has 76 valence electrons. The van der Waals surface area contributed by atoms with Gasteiger partial charge < -0.3 is 5.73 Å². The van der Waals surface area contributed by atoms with Crippen LogP contribution in [-0.4, -0.2) is 13.4 Å². The molecule has 0 aliphatic rings. The zero-order valence-electron chi connectivity index (χ0n) is 7.52. The smallest absolute Gasteiger partial charge is 0.238 e. The van der Waals surface area contributed by atoms with Gasteiger partial charge in [-0.2, -0.15) is 0 Å². The van der Waals surface area contributed by atoms with Crippen molar-refractivity contribution < 1.29 is 8.42 Å². The van der Waals surface area contributed by atoms with Gasteiger partial charge in [0.2, 0.25) is 10.0 Å². The number of hydrogen-bond acceptors (Lipinski definition) is 3. The summed E-state index contributed by atoms with van der Waals surface area (Å²) in [6.07, 6.45) is 0. The standard InChI is InChI=1S/C8H10N2O2S2/c1-5-4-6(14(10,11)12)2-3-7(5)8(9)13/h2-4H,1H3,(H2,9,13)(H2,10,11,12). The van der Waals surface area contributed by atoms with Gasteiger partial charge in [-0.3, -0.25) is 0 Å². The highest BCUT2D eigenvalue weighted by molar-refractivity contribution is 7.89. The number of hydrogen-bond donors (Lipinski definition) is 2. The van der Waals surface area contributed by atoms with Crippen molar-refractivity contribution >= 4 is 27.2 Å². The first kappa shape index (κ1) is 11.1. The third kappa shape index (κ3) is 2.28. The van der Waals surface area contributed by atoms with Crippen molar-refractivity contribution in [3.63, 3.8) is 0 Å². The Morgan fingerprint density at radius 2 is 2.00 bits per heavy atom. The van der Waals surface area contributed by atoms with Crippen LogP contribution >= 0.6 is 12.2 Å². The van der Waals surface area contributed by atoms with E-state index in [0.29, 0.717) is 11.1 Å². The Hall–Kier alpha value is -0.980. The fourth-order valence-electron chi connectivity index (χ4n) is 1.09. The largest absolute Gasteiger partial charge is 0.389 e. The summed E-state index contributed by atoms with van der Waals surface area (Å²) in [5.41, 5.74) is 6.78. The molecule has 0 saturated heterocycles. The summed E-state index contributed by atoms with van der Waals surface area (Å²) in [7, 11) is -3.65. The topological polar surface area (TPSA) is 86.2 Å². The highest BCUT2D eigenvalue weighted by Gasteiger charge is 2.10. The van der Waals surface area contributed by atoms with Gasteiger partial charge in [-0.25, -0.2) is 13.6 Å². The molecule has 0 spiro atoms. The lowest BCUT2D eigenvalue weighted by atomic mass is 10.1. The lowest BCUT2D eigenvalue weighted by Crippen LogP contribution is -2.15. The van der Waals surface area contributed by atoms with Crippen LogP contribution in [0.5, 0.6) is 0 Å². The maximum atomic E-state index is 11.0. The van der Waals surface area contributed by atoms with Crippen molar-refractivity contribution in [1.82, 2.24) is 0 Å². The van der Waals surface area contributed by atoms with Crippen molar-refractivity contribution in [2.24, 2.45) is 10.9 Å². The Kier molecular flexibility index (Phi) is 2.89. The molecule has 0 unspecified atom stereocenters. The molecule has 0 fully saturated rings. The van der Waals surface area contributed by atoms with Gasteiger partial charge in [-0.1, -0.05) is 18.3 Å². The van der Waals surface area contributed by atoms with Crippen molar-refractivity contribution in [3.05, 3.63) is 29.3 Å². The highest BCUT2D eigenvalue weighted by atomic mass is 32.2. The number of aryl methyl sites for hydroxylation is 1. The summed E-state index contributed by atoms with van der Waals surface area (Å²) in [5, 5.41) is 4.96. The van der Waals surface area contributed by atoms with Crippen LogP contribution in [-0.2, 0) is 10.0 Å². The Labute approximate surface area is 88.0 Å². The first-order valence-electron chi connectivity index (χ1n) is 3.75. The van der Waals surface area contributed by atoms with Gasteiger partial charge in [-0.05, 0) is 24.6 Å². The molecule has 0 saturated carbocycles. The van der Waals surface area contributed by atoms with Crippen LogP contribution in [0.1, 0.15) is 11.1 Å². The van der Waals surface area contributed by atoms with Gasteiger partial charge >= 0.3 is 0 Å². The van der Waals surface area contributed by atoms with Crippen molar-refractivity contribution in [2.75, 3.05) is 0 Å². The number of primary sulfonamides is 1. The predicted octanol–water partition coefficient (Wildman–Crippen LogP) is 0.277. The van der Waals surface area contributed by atoms with Gasteiger partial charge in [0.25, 0.3) is 0 Å². The molecule has 0 aliphatic carbocycles. The molecule has 0 bridgehead atoms. The first-order chi connectivity index (χ1) is 6.32. The van der Waals surface area contributed by atoms with E-state index in [2.05, 4.69) is 0 Å². The summed E-state index contributed by atoms with van der Waals surface area (Å²) in [5.74, 6) is 0. The van der Waals surface area contributed by atoms with Gasteiger partial charge in [-0.15, -0.1) is 0 Å². The first-order valence-corrected chi connectivity index (χ1v) is 5.71. The van der Waals surface area contributed by atoms with Crippen LogP contribution in [0.3, 0.4) is 0 Å². The quantitative estimate of drug-likeness (QED) is 0.714. The summed E-state index contributed by atoms with van der Waals surface area (Å²) in [6.45, 7) is 1.73. The normalized spacial score (nSPS) is 11.3. The highest BCUT2D eigenvalue weighted by Crippen LogP contribution is 2.13. The minimum absolute atomic E-state index is 0.0648. The fraction of sp³-hybridized carbons (Fsp3) is 0.125. The molecule has 1 rings (SSSR count). The molecule has 1 aromatic rings. The van der Waals surface area contributed by atoms with E-state index in [1.54, 1.807) is 13.0 Å². The molecule has 0 radical (unpaired) electrons. The molecule has 0 heterocycles. The van der Waals surface area contributed by atoms with Crippen LogP contribution in [0.2, 0.25) is 0 Å². The van der Waals surface area contributed by atoms with Crippen molar-refractivity contribution in [3.8, 4) is 0 Å². The second-order valence-corrected chi connectivity index (χ2v) is 4.89. The molecule has 0 amide bonds. The zero-order valence-corrected chi connectivity index (χ0v) is 9.15. The van der Waals surface area contributed by atoms with Crippen LogP contribution in [0.15, 0.2) is 23.1 Å². The Morgan fingerprint density at radius 1 is 1.43 bits per heavy atom. The van der Waals surface area contributed by atoms with E-state index >= 15 is 0 Å². The molecule has 0 atom stereocenters. The molecule has 0 aliphatic heterocycles. The van der Waals surface area contributed by atoms with Crippen LogP contribution in [0.4, 0.5) is 0 Å². The lowest BCUT2D eigenvalue weighted by molar-refractivity contribution is 0.597. The average Bonchev–Trinajstić information content (AvgIpc) is 2.01. The molecule has 14 heavy (non-hydrogen) atoms. The zero-order chi connectivity index (χ0) is 10.9. The molecule has 1 aromatic carbocycles. The summed E-state index contributed by atoms with van der Waals surface area (Å²) >= 11 is 4.78. The Bertz CT molecular complexity index is 480. The second kappa shape index (κ2) is 3.64. The third-order valence-corrected chi connectivity index (χ3v) is 2.92. The van der Waals surface area contributed by atoms with Gasteiger partial charge in [0.05, 0.1) is 4.90 Å². The van der Waals surface area contributed by atoms with E-state index in [1.807, 2.05) is 0 Å². The number of sulfonamides is 1. The minimum atomic E-state index is -3.65. The van der Waals surface area contributed by atoms with Crippen LogP contribution in [0, 0.1) is 6.92 Å². The number of rotatable bonds is 2. The molecule has 6 heteroatoms. The maximum absolute atomic E-state index is 11.0. The summed E-state index contributed by atoms with van der Waals surface area (Å²) in [6, 6.07) is 4.39. The van der Waals surface area contributed by atoms with Crippen LogP contribution in [0.25, 0.3) is 0 Å². The van der Waals surface area contributed by atoms with E-state index in [4.69, 9.17) is 23.1 Å². The van der Waals surface area contributed by atoms with E-state index in [0.717, 1.165) is 0 Å². The minimum Gasteiger partial charge on any atom is -0.389 e. The van der Waals surface area contributed by atoms with E-state index in [9.17, 15) is 8.42 Å². The number of benzene rings is 1. The van der Waals surface area contributed by atoms with Gasteiger partial charge in [0.15, 0.2) is 0 Å². The number of nitrogens with two attached hydrogens (primary N) is 2. The summed E-state index contributed by atoms with van der Waals surface area (Å²) < 4.78 is 22.0. The molecule has 0 aromatic heterocycles. The van der Waals surface area contributed by atoms with Gasteiger partial charge in [0.1, 0.15) is 4.99 Å². The average molecular weight is 230 g/mol. The molecule has 4 nitrogen and oxygen atoms in total. The number of thiocarbonyl (C=S) groups is 1. The molecule has 4 N–H and O–H groups in total. The lowest BCUT2D eigenvalue weighted by Gasteiger charge is -2.05.